The lowest BCUT2D eigenvalue weighted by atomic mass is 10.1. The smallest absolute Gasteiger partial charge is 0.260 e. The maximum Gasteiger partial charge on any atom is 0.260 e. The summed E-state index contributed by atoms with van der Waals surface area (Å²) >= 11 is 0. The molecule has 4 heteroatoms. The van der Waals surface area contributed by atoms with Crippen LogP contribution in [0.2, 0.25) is 0 Å². The molecule has 0 radical (unpaired) electrons. The van der Waals surface area contributed by atoms with E-state index in [9.17, 15) is 4.79 Å². The zero-order valence-corrected chi connectivity index (χ0v) is 9.81. The third-order valence-electron chi connectivity index (χ3n) is 3.31. The molecule has 0 bridgehead atoms. The average Bonchev–Trinajstić information content (AvgIpc) is 2.79. The summed E-state index contributed by atoms with van der Waals surface area (Å²) in [5.41, 5.74) is 1.67. The van der Waals surface area contributed by atoms with Gasteiger partial charge in [-0.2, -0.15) is 0 Å². The second-order valence-electron chi connectivity index (χ2n) is 4.48. The summed E-state index contributed by atoms with van der Waals surface area (Å²) in [6.07, 6.45) is 1.91. The third kappa shape index (κ3) is 1.69. The highest BCUT2D eigenvalue weighted by molar-refractivity contribution is 5.98. The number of methoxy groups -OCH3 is 1. The molecule has 0 saturated carbocycles. The van der Waals surface area contributed by atoms with Crippen molar-refractivity contribution in [2.45, 2.75) is 25.7 Å². The molecule has 1 unspecified atom stereocenters. The van der Waals surface area contributed by atoms with Gasteiger partial charge in [0.2, 0.25) is 0 Å². The predicted molar refractivity (Wildman–Crippen MR) is 61.8 cm³/mol. The lowest BCUT2D eigenvalue weighted by molar-refractivity contribution is 0.0293. The number of carbonyl (C=O) groups is 1. The van der Waals surface area contributed by atoms with E-state index in [0.29, 0.717) is 17.9 Å². The molecule has 3 rings (SSSR count). The third-order valence-corrected chi connectivity index (χ3v) is 3.31. The van der Waals surface area contributed by atoms with E-state index in [2.05, 4.69) is 0 Å². The van der Waals surface area contributed by atoms with Crippen LogP contribution >= 0.6 is 0 Å². The predicted octanol–water partition coefficient (Wildman–Crippen LogP) is 1.79. The molecule has 2 aliphatic heterocycles. The minimum atomic E-state index is -0.0525. The van der Waals surface area contributed by atoms with E-state index in [1.807, 2.05) is 23.1 Å². The maximum absolute atomic E-state index is 12.3. The number of hydrogen-bond donors (Lipinski definition) is 0. The first kappa shape index (κ1) is 10.6. The molecular weight excluding hydrogens is 218 g/mol. The van der Waals surface area contributed by atoms with Crippen molar-refractivity contribution in [1.82, 2.24) is 4.90 Å². The van der Waals surface area contributed by atoms with Gasteiger partial charge in [-0.05, 0) is 24.1 Å². The van der Waals surface area contributed by atoms with Crippen molar-refractivity contribution in [2.24, 2.45) is 0 Å². The minimum Gasteiger partial charge on any atom is -0.470 e. The highest BCUT2D eigenvalue weighted by atomic mass is 16.5. The normalized spacial score (nSPS) is 22.1. The highest BCUT2D eigenvalue weighted by Crippen LogP contribution is 2.33. The second-order valence-corrected chi connectivity index (χ2v) is 4.48. The lowest BCUT2D eigenvalue weighted by Gasteiger charge is -2.31. The maximum atomic E-state index is 12.3. The zero-order chi connectivity index (χ0) is 11.8. The van der Waals surface area contributed by atoms with E-state index in [1.54, 1.807) is 7.11 Å². The van der Waals surface area contributed by atoms with Gasteiger partial charge in [-0.15, -0.1) is 0 Å². The molecule has 0 N–H and O–H groups in total. The Morgan fingerprint density at radius 1 is 1.53 bits per heavy atom. The highest BCUT2D eigenvalue weighted by Gasteiger charge is 2.36. The number of carbonyl (C=O) groups excluding carboxylic acids is 1. The lowest BCUT2D eigenvalue weighted by Crippen LogP contribution is -2.43. The molecule has 2 aliphatic rings. The summed E-state index contributed by atoms with van der Waals surface area (Å²) in [6, 6.07) is 5.69. The fraction of sp³-hybridized carbons (Fsp3) is 0.462. The van der Waals surface area contributed by atoms with Gasteiger partial charge >= 0.3 is 0 Å². The van der Waals surface area contributed by atoms with Crippen LogP contribution in [0.4, 0.5) is 0 Å². The summed E-state index contributed by atoms with van der Waals surface area (Å²) in [5.74, 6) is 0.796. The number of fused-ring (bicyclic) bond motifs is 2. The van der Waals surface area contributed by atoms with E-state index in [1.165, 1.54) is 0 Å². The molecule has 0 aromatic heterocycles. The van der Waals surface area contributed by atoms with E-state index in [0.717, 1.165) is 24.9 Å². The van der Waals surface area contributed by atoms with Crippen LogP contribution in [0.15, 0.2) is 18.2 Å². The molecule has 0 spiro atoms. The molecular formula is C13H15NO3. The van der Waals surface area contributed by atoms with E-state index in [-0.39, 0.29) is 12.1 Å². The summed E-state index contributed by atoms with van der Waals surface area (Å²) in [4.78, 5) is 14.1. The Morgan fingerprint density at radius 2 is 2.41 bits per heavy atom. The van der Waals surface area contributed by atoms with Gasteiger partial charge in [0.1, 0.15) is 5.75 Å². The van der Waals surface area contributed by atoms with Crippen molar-refractivity contribution in [2.75, 3.05) is 13.7 Å². The molecule has 1 fully saturated rings. The number of benzene rings is 1. The zero-order valence-electron chi connectivity index (χ0n) is 9.81. The van der Waals surface area contributed by atoms with Crippen LogP contribution < -0.4 is 4.74 Å². The summed E-state index contributed by atoms with van der Waals surface area (Å²) in [6.45, 7) is 1.32. The molecule has 1 aromatic carbocycles. The molecule has 1 atom stereocenters. The van der Waals surface area contributed by atoms with Crippen molar-refractivity contribution < 1.29 is 14.3 Å². The van der Waals surface area contributed by atoms with Crippen LogP contribution in [-0.4, -0.2) is 30.7 Å². The summed E-state index contributed by atoms with van der Waals surface area (Å²) in [7, 11) is 1.65. The van der Waals surface area contributed by atoms with E-state index in [4.69, 9.17) is 9.47 Å². The molecule has 1 amide bonds. The van der Waals surface area contributed by atoms with Crippen LogP contribution in [0.3, 0.4) is 0 Å². The minimum absolute atomic E-state index is 0.0525. The molecule has 90 valence electrons. The molecule has 1 aromatic rings. The van der Waals surface area contributed by atoms with Crippen LogP contribution in [-0.2, 0) is 11.3 Å². The van der Waals surface area contributed by atoms with Crippen molar-refractivity contribution in [3.05, 3.63) is 29.3 Å². The van der Waals surface area contributed by atoms with Gasteiger partial charge in [0.15, 0.2) is 6.23 Å². The van der Waals surface area contributed by atoms with Gasteiger partial charge in [0, 0.05) is 20.1 Å². The van der Waals surface area contributed by atoms with Gasteiger partial charge in [-0.3, -0.25) is 4.79 Å². The number of amides is 1. The Hall–Kier alpha value is -1.55. The Bertz CT molecular complexity index is 458. The van der Waals surface area contributed by atoms with Gasteiger partial charge in [-0.1, -0.05) is 6.07 Å². The van der Waals surface area contributed by atoms with Crippen LogP contribution in [0.1, 0.15) is 28.8 Å². The van der Waals surface area contributed by atoms with Crippen molar-refractivity contribution in [3.63, 3.8) is 0 Å². The average molecular weight is 233 g/mol. The fourth-order valence-corrected chi connectivity index (χ4v) is 2.50. The Labute approximate surface area is 100 Å². The van der Waals surface area contributed by atoms with Crippen molar-refractivity contribution in [3.8, 4) is 5.75 Å². The first-order valence-corrected chi connectivity index (χ1v) is 5.89. The quantitative estimate of drug-likeness (QED) is 0.781. The second kappa shape index (κ2) is 4.04. The monoisotopic (exact) mass is 233 g/mol. The summed E-state index contributed by atoms with van der Waals surface area (Å²) in [5, 5.41) is 0. The number of ether oxygens (including phenoxy) is 2. The van der Waals surface area contributed by atoms with E-state index >= 15 is 0 Å². The standard InChI is InChI=1S/C13H15NO3/c1-16-8-9-4-5-11-10(7-9)13(15)14-6-2-3-12(14)17-11/h4-5,7,12H,2-3,6,8H2,1H3. The van der Waals surface area contributed by atoms with Gasteiger partial charge in [-0.25, -0.2) is 0 Å². The first-order valence-electron chi connectivity index (χ1n) is 5.89. The number of nitrogens with zero attached hydrogens (tertiary/aromatic N) is 1. The first-order chi connectivity index (χ1) is 8.29. The van der Waals surface area contributed by atoms with Crippen LogP contribution in [0.5, 0.6) is 5.75 Å². The Balaban J connectivity index is 1.97. The van der Waals surface area contributed by atoms with Crippen LogP contribution in [0.25, 0.3) is 0 Å². The molecule has 4 nitrogen and oxygen atoms in total. The number of hydrogen-bond acceptors (Lipinski definition) is 3. The summed E-state index contributed by atoms with van der Waals surface area (Å²) < 4.78 is 10.9. The largest absolute Gasteiger partial charge is 0.470 e. The van der Waals surface area contributed by atoms with Gasteiger partial charge in [0.05, 0.1) is 12.2 Å². The molecule has 2 heterocycles. The van der Waals surface area contributed by atoms with E-state index < -0.39 is 0 Å². The molecule has 1 saturated heterocycles. The Morgan fingerprint density at radius 3 is 3.24 bits per heavy atom. The number of rotatable bonds is 2. The fourth-order valence-electron chi connectivity index (χ4n) is 2.50. The van der Waals surface area contributed by atoms with Gasteiger partial charge in [0.25, 0.3) is 5.91 Å². The Kier molecular flexibility index (Phi) is 2.52. The van der Waals surface area contributed by atoms with Crippen molar-refractivity contribution >= 4 is 5.91 Å². The van der Waals surface area contributed by atoms with Crippen molar-refractivity contribution in [1.29, 1.82) is 0 Å². The molecule has 0 aliphatic carbocycles. The van der Waals surface area contributed by atoms with Gasteiger partial charge < -0.3 is 14.4 Å². The topological polar surface area (TPSA) is 38.8 Å². The van der Waals surface area contributed by atoms with Crippen LogP contribution in [0, 0.1) is 0 Å². The molecule has 17 heavy (non-hydrogen) atoms. The SMILES string of the molecule is COCc1ccc2c(c1)C(=O)N1CCCC1O2.